The highest BCUT2D eigenvalue weighted by molar-refractivity contribution is 5.92. The van der Waals surface area contributed by atoms with Crippen LogP contribution >= 0.6 is 0 Å². The lowest BCUT2D eigenvalue weighted by Crippen LogP contribution is -2.49. The number of hydrogen-bond donors (Lipinski definition) is 1. The number of aromatic nitrogens is 4. The van der Waals surface area contributed by atoms with Crippen molar-refractivity contribution >= 4 is 22.5 Å². The Balaban J connectivity index is 1.32. The van der Waals surface area contributed by atoms with Gasteiger partial charge in [0, 0.05) is 50.7 Å². The smallest absolute Gasteiger partial charge is 0.279 e. The van der Waals surface area contributed by atoms with Gasteiger partial charge in [0.1, 0.15) is 12.4 Å². The second-order valence-electron chi connectivity index (χ2n) is 7.53. The second-order valence-corrected chi connectivity index (χ2v) is 7.53. The lowest BCUT2D eigenvalue weighted by molar-refractivity contribution is 0.0739. The topological polar surface area (TPSA) is 114 Å². The van der Waals surface area contributed by atoms with Gasteiger partial charge in [-0.05, 0) is 18.2 Å². The van der Waals surface area contributed by atoms with Crippen LogP contribution in [0.3, 0.4) is 0 Å². The van der Waals surface area contributed by atoms with Gasteiger partial charge in [0.15, 0.2) is 5.69 Å². The molecule has 0 bridgehead atoms. The van der Waals surface area contributed by atoms with E-state index < -0.39 is 5.56 Å². The first-order chi connectivity index (χ1) is 15.2. The van der Waals surface area contributed by atoms with Crippen LogP contribution in [0.2, 0.25) is 0 Å². The maximum absolute atomic E-state index is 12.6. The van der Waals surface area contributed by atoms with Crippen molar-refractivity contribution in [3.63, 3.8) is 0 Å². The number of piperazine rings is 1. The van der Waals surface area contributed by atoms with Crippen LogP contribution in [0.1, 0.15) is 16.9 Å². The predicted molar refractivity (Wildman–Crippen MR) is 112 cm³/mol. The number of nitrogens with one attached hydrogen (secondary N) is 1. The van der Waals surface area contributed by atoms with Crippen molar-refractivity contribution in [1.82, 2.24) is 24.8 Å². The van der Waals surface area contributed by atoms with Crippen LogP contribution in [-0.2, 0) is 4.74 Å². The zero-order chi connectivity index (χ0) is 21.2. The van der Waals surface area contributed by atoms with E-state index in [9.17, 15) is 9.59 Å². The van der Waals surface area contributed by atoms with E-state index in [2.05, 4.69) is 24.8 Å². The first kappa shape index (κ1) is 19.4. The SMILES string of the molecule is O=C(c1ncc[nH]c1=O)N1CCN(c2ccc3ncnc(OC4CCOC4)c3c2)CC1. The second kappa shape index (κ2) is 8.31. The van der Waals surface area contributed by atoms with E-state index in [0.717, 1.165) is 23.0 Å². The van der Waals surface area contributed by atoms with Crippen LogP contribution in [0, 0.1) is 0 Å². The van der Waals surface area contributed by atoms with Gasteiger partial charge >= 0.3 is 0 Å². The molecule has 2 fully saturated rings. The average Bonchev–Trinajstić information content (AvgIpc) is 3.32. The Morgan fingerprint density at radius 2 is 2.03 bits per heavy atom. The minimum absolute atomic E-state index is 0.00561. The number of nitrogens with zero attached hydrogens (tertiary/aromatic N) is 5. The lowest BCUT2D eigenvalue weighted by Gasteiger charge is -2.36. The Bertz CT molecular complexity index is 1150. The van der Waals surface area contributed by atoms with Crippen molar-refractivity contribution in [3.05, 3.63) is 53.0 Å². The summed E-state index contributed by atoms with van der Waals surface area (Å²) < 4.78 is 11.4. The molecule has 160 valence electrons. The summed E-state index contributed by atoms with van der Waals surface area (Å²) in [6.07, 6.45) is 5.19. The van der Waals surface area contributed by atoms with Gasteiger partial charge in [0.2, 0.25) is 5.88 Å². The number of anilines is 1. The molecule has 3 aromatic rings. The molecular formula is C21H22N6O4. The van der Waals surface area contributed by atoms with Gasteiger partial charge in [0.05, 0.1) is 24.1 Å². The number of benzene rings is 1. The molecular weight excluding hydrogens is 400 g/mol. The quantitative estimate of drug-likeness (QED) is 0.658. The van der Waals surface area contributed by atoms with Crippen molar-refractivity contribution in [3.8, 4) is 5.88 Å². The minimum atomic E-state index is -0.468. The van der Waals surface area contributed by atoms with E-state index in [1.165, 1.54) is 18.7 Å². The fourth-order valence-corrected chi connectivity index (χ4v) is 3.90. The molecule has 1 atom stereocenters. The number of carbonyl (C=O) groups is 1. The molecule has 2 aliphatic heterocycles. The molecule has 5 rings (SSSR count). The van der Waals surface area contributed by atoms with Crippen molar-refractivity contribution in [2.45, 2.75) is 12.5 Å². The summed E-state index contributed by atoms with van der Waals surface area (Å²) in [5.74, 6) is 0.216. The third-order valence-electron chi connectivity index (χ3n) is 5.59. The van der Waals surface area contributed by atoms with Crippen LogP contribution in [-0.4, -0.2) is 76.2 Å². The Kier molecular flexibility index (Phi) is 5.21. The highest BCUT2D eigenvalue weighted by Gasteiger charge is 2.25. The van der Waals surface area contributed by atoms with Gasteiger partial charge in [-0.1, -0.05) is 0 Å². The van der Waals surface area contributed by atoms with E-state index in [1.54, 1.807) is 4.90 Å². The highest BCUT2D eigenvalue weighted by Crippen LogP contribution is 2.28. The van der Waals surface area contributed by atoms with Gasteiger partial charge in [-0.2, -0.15) is 0 Å². The summed E-state index contributed by atoms with van der Waals surface area (Å²) in [5, 5.41) is 0.852. The first-order valence-corrected chi connectivity index (χ1v) is 10.3. The Labute approximate surface area is 177 Å². The number of aromatic amines is 1. The third-order valence-corrected chi connectivity index (χ3v) is 5.59. The molecule has 2 saturated heterocycles. The summed E-state index contributed by atoms with van der Waals surface area (Å²) in [6.45, 7) is 3.55. The summed E-state index contributed by atoms with van der Waals surface area (Å²) in [5.41, 5.74) is 1.29. The standard InChI is InChI=1S/C21H22N6O4/c28-19-18(22-4-5-23-19)21(29)27-8-6-26(7-9-27)14-1-2-17-16(11-14)20(25-13-24-17)31-15-3-10-30-12-15/h1-2,4-5,11,13,15H,3,6-10,12H2,(H,23,28). The molecule has 1 unspecified atom stereocenters. The van der Waals surface area contributed by atoms with Gasteiger partial charge in [0.25, 0.3) is 11.5 Å². The number of carbonyl (C=O) groups excluding carboxylic acids is 1. The van der Waals surface area contributed by atoms with Crippen LogP contribution in [0.25, 0.3) is 10.9 Å². The van der Waals surface area contributed by atoms with Gasteiger partial charge in [-0.3, -0.25) is 9.59 Å². The fraction of sp³-hybridized carbons (Fsp3) is 0.381. The zero-order valence-corrected chi connectivity index (χ0v) is 16.9. The normalized spacial score (nSPS) is 19.0. The molecule has 2 aliphatic rings. The van der Waals surface area contributed by atoms with E-state index in [1.807, 2.05) is 18.2 Å². The number of rotatable bonds is 4. The van der Waals surface area contributed by atoms with Gasteiger partial charge in [-0.15, -0.1) is 0 Å². The molecule has 2 aromatic heterocycles. The van der Waals surface area contributed by atoms with Gasteiger partial charge in [-0.25, -0.2) is 15.0 Å². The molecule has 0 saturated carbocycles. The molecule has 31 heavy (non-hydrogen) atoms. The maximum Gasteiger partial charge on any atom is 0.279 e. The number of hydrogen-bond acceptors (Lipinski definition) is 8. The minimum Gasteiger partial charge on any atom is -0.471 e. The maximum atomic E-state index is 12.6. The summed E-state index contributed by atoms with van der Waals surface area (Å²) in [6, 6.07) is 6.00. The number of ether oxygens (including phenoxy) is 2. The Morgan fingerprint density at radius 3 is 2.81 bits per heavy atom. The molecule has 1 aromatic carbocycles. The molecule has 10 heteroatoms. The van der Waals surface area contributed by atoms with Crippen LogP contribution in [0.5, 0.6) is 5.88 Å². The molecule has 10 nitrogen and oxygen atoms in total. The van der Waals surface area contributed by atoms with E-state index >= 15 is 0 Å². The molecule has 1 amide bonds. The van der Waals surface area contributed by atoms with E-state index in [0.29, 0.717) is 45.3 Å². The Hall–Kier alpha value is -3.53. The molecule has 1 N–H and O–H groups in total. The van der Waals surface area contributed by atoms with Crippen LogP contribution in [0.15, 0.2) is 41.7 Å². The van der Waals surface area contributed by atoms with E-state index in [4.69, 9.17) is 9.47 Å². The first-order valence-electron chi connectivity index (χ1n) is 10.3. The molecule has 0 aliphatic carbocycles. The number of fused-ring (bicyclic) bond motifs is 1. The summed E-state index contributed by atoms with van der Waals surface area (Å²) in [7, 11) is 0. The summed E-state index contributed by atoms with van der Waals surface area (Å²) in [4.78, 5) is 43.5. The molecule has 4 heterocycles. The fourth-order valence-electron chi connectivity index (χ4n) is 3.90. The predicted octanol–water partition coefficient (Wildman–Crippen LogP) is 0.843. The number of H-pyrrole nitrogens is 1. The van der Waals surface area contributed by atoms with Gasteiger partial charge < -0.3 is 24.3 Å². The van der Waals surface area contributed by atoms with Crippen molar-refractivity contribution in [2.75, 3.05) is 44.3 Å². The lowest BCUT2D eigenvalue weighted by atomic mass is 10.1. The average molecular weight is 422 g/mol. The highest BCUT2D eigenvalue weighted by atomic mass is 16.5. The molecule has 0 radical (unpaired) electrons. The molecule has 0 spiro atoms. The summed E-state index contributed by atoms with van der Waals surface area (Å²) >= 11 is 0. The van der Waals surface area contributed by atoms with Crippen molar-refractivity contribution in [2.24, 2.45) is 0 Å². The number of amides is 1. The van der Waals surface area contributed by atoms with Crippen molar-refractivity contribution in [1.29, 1.82) is 0 Å². The van der Waals surface area contributed by atoms with Crippen molar-refractivity contribution < 1.29 is 14.3 Å². The monoisotopic (exact) mass is 422 g/mol. The van der Waals surface area contributed by atoms with Crippen LogP contribution in [0.4, 0.5) is 5.69 Å². The van der Waals surface area contributed by atoms with Crippen LogP contribution < -0.4 is 15.2 Å². The Morgan fingerprint density at radius 1 is 1.16 bits per heavy atom. The zero-order valence-electron chi connectivity index (χ0n) is 16.9. The third kappa shape index (κ3) is 3.93. The van der Waals surface area contributed by atoms with E-state index in [-0.39, 0.29) is 17.7 Å². The largest absolute Gasteiger partial charge is 0.471 e.